The topological polar surface area (TPSA) is 66.4 Å². The molecule has 5 rings (SSSR count). The Kier molecular flexibility index (Phi) is 6.37. The Hall–Kier alpha value is -3.23. The number of piperazine rings is 1. The van der Waals surface area contributed by atoms with Gasteiger partial charge in [-0.3, -0.25) is 4.90 Å². The fraction of sp³-hybridized carbons (Fsp3) is 0.320. The summed E-state index contributed by atoms with van der Waals surface area (Å²) in [7, 11) is 3.56. The fourth-order valence-corrected chi connectivity index (χ4v) is 4.83. The molecular weight excluding hydrogens is 432 g/mol. The van der Waals surface area contributed by atoms with Gasteiger partial charge in [0.15, 0.2) is 10.9 Å². The monoisotopic (exact) mass is 460 g/mol. The molecule has 1 saturated heterocycles. The van der Waals surface area contributed by atoms with Crippen LogP contribution in [-0.2, 0) is 6.42 Å². The number of anilines is 2. The van der Waals surface area contributed by atoms with E-state index in [1.165, 1.54) is 5.56 Å². The number of hydrogen-bond acceptors (Lipinski definition) is 8. The average molecular weight is 461 g/mol. The van der Waals surface area contributed by atoms with Crippen LogP contribution in [0.5, 0.6) is 5.88 Å². The summed E-state index contributed by atoms with van der Waals surface area (Å²) in [5.41, 5.74) is 5.31. The summed E-state index contributed by atoms with van der Waals surface area (Å²) in [6, 6.07) is 16.7. The third-order valence-electron chi connectivity index (χ3n) is 6.07. The zero-order valence-electron chi connectivity index (χ0n) is 19.0. The molecule has 0 radical (unpaired) electrons. The van der Waals surface area contributed by atoms with Crippen molar-refractivity contribution in [3.05, 3.63) is 59.5 Å². The van der Waals surface area contributed by atoms with Gasteiger partial charge in [-0.05, 0) is 24.1 Å². The van der Waals surface area contributed by atoms with Crippen molar-refractivity contribution in [3.8, 4) is 17.1 Å². The van der Waals surface area contributed by atoms with Crippen LogP contribution in [0.4, 0.5) is 10.9 Å². The van der Waals surface area contributed by atoms with E-state index in [-0.39, 0.29) is 0 Å². The molecule has 0 saturated carbocycles. The molecule has 0 bridgehead atoms. The van der Waals surface area contributed by atoms with E-state index < -0.39 is 0 Å². The molecule has 2 aromatic heterocycles. The first-order valence-electron chi connectivity index (χ1n) is 11.2. The van der Waals surface area contributed by atoms with Crippen molar-refractivity contribution >= 4 is 33.3 Å². The van der Waals surface area contributed by atoms with Crippen LogP contribution in [0, 0.1) is 0 Å². The first-order chi connectivity index (χ1) is 16.2. The van der Waals surface area contributed by atoms with Gasteiger partial charge in [0.25, 0.3) is 5.88 Å². The Bertz CT molecular complexity index is 1220. The molecule has 33 heavy (non-hydrogen) atoms. The molecule has 1 aliphatic heterocycles. The number of nitrogens with zero attached hydrogens (tertiary/aromatic N) is 5. The van der Waals surface area contributed by atoms with Gasteiger partial charge in [-0.15, -0.1) is 11.3 Å². The number of benzene rings is 2. The van der Waals surface area contributed by atoms with Gasteiger partial charge in [0.05, 0.1) is 23.8 Å². The van der Waals surface area contributed by atoms with Crippen molar-refractivity contribution in [2.45, 2.75) is 6.42 Å². The lowest BCUT2D eigenvalue weighted by molar-refractivity contribution is 0.259. The Balaban J connectivity index is 1.17. The zero-order valence-corrected chi connectivity index (χ0v) is 19.8. The molecule has 7 nitrogen and oxygen atoms in total. The number of methoxy groups -OCH3 is 1. The average Bonchev–Trinajstić information content (AvgIpc) is 3.37. The standard InChI is InChI=1S/C25H28N6OS/c1-26-25-29-22(17-33-25)19-9-7-18(8-10-19)11-12-30-13-15-31(16-14-30)23-24(32-2)28-21-6-4-3-5-20(21)27-23/h3-10,17H,11-16H2,1-2H3,(H,26,29). The van der Waals surface area contributed by atoms with Crippen LogP contribution in [0.15, 0.2) is 53.9 Å². The smallest absolute Gasteiger partial charge is 0.257 e. The highest BCUT2D eigenvalue weighted by Gasteiger charge is 2.22. The second kappa shape index (κ2) is 9.72. The van der Waals surface area contributed by atoms with Gasteiger partial charge in [-0.1, -0.05) is 36.4 Å². The van der Waals surface area contributed by atoms with Gasteiger partial charge in [0.2, 0.25) is 0 Å². The summed E-state index contributed by atoms with van der Waals surface area (Å²) in [6.45, 7) is 4.89. The SMILES string of the molecule is CNc1nc(-c2ccc(CCN3CCN(c4nc5ccccc5nc4OC)CC3)cc2)cs1. The first kappa shape index (κ1) is 21.6. The molecule has 3 heterocycles. The predicted octanol–water partition coefficient (Wildman–Crippen LogP) is 4.17. The normalized spacial score (nSPS) is 14.5. The van der Waals surface area contributed by atoms with Crippen molar-refractivity contribution in [2.75, 3.05) is 57.1 Å². The minimum absolute atomic E-state index is 0.601. The molecule has 170 valence electrons. The number of fused-ring (bicyclic) bond motifs is 1. The Morgan fingerprint density at radius 2 is 1.67 bits per heavy atom. The van der Waals surface area contributed by atoms with Gasteiger partial charge in [-0.2, -0.15) is 0 Å². The predicted molar refractivity (Wildman–Crippen MR) is 136 cm³/mol. The van der Waals surface area contributed by atoms with Crippen molar-refractivity contribution < 1.29 is 4.74 Å². The zero-order chi connectivity index (χ0) is 22.6. The fourth-order valence-electron chi connectivity index (χ4n) is 4.15. The lowest BCUT2D eigenvalue weighted by atomic mass is 10.1. The number of aromatic nitrogens is 3. The van der Waals surface area contributed by atoms with Crippen LogP contribution >= 0.6 is 11.3 Å². The van der Waals surface area contributed by atoms with Gasteiger partial charge in [-0.25, -0.2) is 15.0 Å². The Morgan fingerprint density at radius 1 is 0.939 bits per heavy atom. The number of hydrogen-bond donors (Lipinski definition) is 1. The minimum Gasteiger partial charge on any atom is -0.478 e. The summed E-state index contributed by atoms with van der Waals surface area (Å²) in [6.07, 6.45) is 1.04. The lowest BCUT2D eigenvalue weighted by Crippen LogP contribution is -2.47. The Labute approximate surface area is 198 Å². The largest absolute Gasteiger partial charge is 0.478 e. The summed E-state index contributed by atoms with van der Waals surface area (Å²) < 4.78 is 5.55. The van der Waals surface area contributed by atoms with E-state index in [2.05, 4.69) is 54.7 Å². The van der Waals surface area contributed by atoms with Crippen LogP contribution in [-0.4, -0.2) is 66.7 Å². The number of para-hydroxylation sites is 2. The van der Waals surface area contributed by atoms with E-state index in [0.29, 0.717) is 5.88 Å². The van der Waals surface area contributed by atoms with Crippen LogP contribution in [0.2, 0.25) is 0 Å². The molecule has 0 amide bonds. The van der Waals surface area contributed by atoms with E-state index in [9.17, 15) is 0 Å². The quantitative estimate of drug-likeness (QED) is 0.444. The van der Waals surface area contributed by atoms with Crippen LogP contribution in [0.25, 0.3) is 22.3 Å². The van der Waals surface area contributed by atoms with E-state index in [1.54, 1.807) is 18.4 Å². The summed E-state index contributed by atoms with van der Waals surface area (Å²) >= 11 is 1.63. The van der Waals surface area contributed by atoms with Gasteiger partial charge in [0, 0.05) is 50.7 Å². The molecule has 0 unspecified atom stereocenters. The summed E-state index contributed by atoms with van der Waals surface area (Å²) in [5, 5.41) is 6.13. The van der Waals surface area contributed by atoms with Crippen LogP contribution < -0.4 is 15.0 Å². The maximum absolute atomic E-state index is 5.55. The molecule has 1 fully saturated rings. The number of ether oxygens (including phenoxy) is 1. The number of rotatable bonds is 7. The van der Waals surface area contributed by atoms with Crippen molar-refractivity contribution in [1.29, 1.82) is 0 Å². The molecule has 0 atom stereocenters. The lowest BCUT2D eigenvalue weighted by Gasteiger charge is -2.35. The molecule has 0 spiro atoms. The highest BCUT2D eigenvalue weighted by molar-refractivity contribution is 7.14. The van der Waals surface area contributed by atoms with Crippen LogP contribution in [0.3, 0.4) is 0 Å². The molecule has 8 heteroatoms. The van der Waals surface area contributed by atoms with E-state index in [1.807, 2.05) is 31.3 Å². The summed E-state index contributed by atoms with van der Waals surface area (Å²) in [5.74, 6) is 1.44. The molecule has 2 aromatic carbocycles. The van der Waals surface area contributed by atoms with Crippen molar-refractivity contribution in [3.63, 3.8) is 0 Å². The minimum atomic E-state index is 0.601. The number of nitrogens with one attached hydrogen (secondary N) is 1. The Morgan fingerprint density at radius 3 is 2.33 bits per heavy atom. The van der Waals surface area contributed by atoms with Gasteiger partial charge >= 0.3 is 0 Å². The van der Waals surface area contributed by atoms with E-state index >= 15 is 0 Å². The van der Waals surface area contributed by atoms with Crippen molar-refractivity contribution in [1.82, 2.24) is 19.9 Å². The molecule has 1 N–H and O–H groups in total. The van der Waals surface area contributed by atoms with Crippen molar-refractivity contribution in [2.24, 2.45) is 0 Å². The molecule has 0 aliphatic carbocycles. The third-order valence-corrected chi connectivity index (χ3v) is 6.93. The number of thiazole rings is 1. The van der Waals surface area contributed by atoms with Gasteiger partial charge < -0.3 is 15.0 Å². The molecule has 4 aromatic rings. The highest BCUT2D eigenvalue weighted by Crippen LogP contribution is 2.28. The first-order valence-corrected chi connectivity index (χ1v) is 12.1. The van der Waals surface area contributed by atoms with Crippen LogP contribution in [0.1, 0.15) is 5.56 Å². The van der Waals surface area contributed by atoms with E-state index in [4.69, 9.17) is 9.72 Å². The highest BCUT2D eigenvalue weighted by atomic mass is 32.1. The molecule has 1 aliphatic rings. The second-order valence-corrected chi connectivity index (χ2v) is 8.97. The maximum Gasteiger partial charge on any atom is 0.257 e. The maximum atomic E-state index is 5.55. The second-order valence-electron chi connectivity index (χ2n) is 8.11. The third kappa shape index (κ3) is 4.77. The molecular formula is C25H28N6OS. The van der Waals surface area contributed by atoms with Gasteiger partial charge in [0.1, 0.15) is 0 Å². The van der Waals surface area contributed by atoms with E-state index in [0.717, 1.165) is 72.4 Å². The summed E-state index contributed by atoms with van der Waals surface area (Å²) in [4.78, 5) is 18.9.